The zero-order chi connectivity index (χ0) is 19.4. The van der Waals surface area contributed by atoms with Crippen LogP contribution in [-0.4, -0.2) is 26.4 Å². The van der Waals surface area contributed by atoms with Gasteiger partial charge >= 0.3 is 6.18 Å². The average Bonchev–Trinajstić information content (AvgIpc) is 2.58. The van der Waals surface area contributed by atoms with Crippen molar-refractivity contribution in [3.8, 4) is 0 Å². The van der Waals surface area contributed by atoms with Crippen LogP contribution in [0.5, 0.6) is 0 Å². The minimum atomic E-state index is -4.79. The van der Waals surface area contributed by atoms with Crippen LogP contribution >= 0.6 is 0 Å². The fraction of sp³-hybridized carbons (Fsp3) is 0.200. The van der Waals surface area contributed by atoms with Crippen LogP contribution in [0.15, 0.2) is 53.4 Å². The molecule has 7 nitrogen and oxygen atoms in total. The van der Waals surface area contributed by atoms with Crippen molar-refractivity contribution in [1.82, 2.24) is 4.72 Å². The first-order valence-electron chi connectivity index (χ1n) is 7.25. The third-order valence-corrected chi connectivity index (χ3v) is 4.83. The monoisotopic (exact) mass is 389 g/mol. The van der Waals surface area contributed by atoms with Gasteiger partial charge in [-0.15, -0.1) is 0 Å². The number of alkyl halides is 3. The summed E-state index contributed by atoms with van der Waals surface area (Å²) >= 11 is 0. The molecule has 26 heavy (non-hydrogen) atoms. The van der Waals surface area contributed by atoms with E-state index in [9.17, 15) is 31.7 Å². The number of nitro groups is 1. The summed E-state index contributed by atoms with van der Waals surface area (Å²) in [6, 6.07) is 9.31. The second-order valence-corrected chi connectivity index (χ2v) is 6.86. The lowest BCUT2D eigenvalue weighted by molar-refractivity contribution is -0.384. The Kier molecular flexibility index (Phi) is 5.83. The lowest BCUT2D eigenvalue weighted by atomic mass is 10.2. The molecule has 0 aliphatic carbocycles. The van der Waals surface area contributed by atoms with Crippen LogP contribution in [0, 0.1) is 10.1 Å². The Hall–Kier alpha value is -2.66. The van der Waals surface area contributed by atoms with E-state index in [0.29, 0.717) is 11.8 Å². The zero-order valence-corrected chi connectivity index (χ0v) is 14.0. The van der Waals surface area contributed by atoms with Gasteiger partial charge < -0.3 is 5.32 Å². The van der Waals surface area contributed by atoms with E-state index in [2.05, 4.69) is 10.0 Å². The largest absolute Gasteiger partial charge is 0.417 e. The number of anilines is 1. The summed E-state index contributed by atoms with van der Waals surface area (Å²) in [7, 11) is -4.35. The second-order valence-electron chi connectivity index (χ2n) is 5.12. The summed E-state index contributed by atoms with van der Waals surface area (Å²) in [5.74, 6) is 0. The summed E-state index contributed by atoms with van der Waals surface area (Å²) in [5.41, 5.74) is -0.832. The quantitative estimate of drug-likeness (QED) is 0.431. The second kappa shape index (κ2) is 7.70. The van der Waals surface area contributed by atoms with Crippen LogP contribution in [0.1, 0.15) is 5.56 Å². The highest BCUT2D eigenvalue weighted by molar-refractivity contribution is 7.89. The van der Waals surface area contributed by atoms with Crippen LogP contribution in [0.2, 0.25) is 0 Å². The van der Waals surface area contributed by atoms with Crippen LogP contribution in [0.4, 0.5) is 24.5 Å². The summed E-state index contributed by atoms with van der Waals surface area (Å²) in [6.45, 7) is -0.100. The molecule has 2 aromatic carbocycles. The van der Waals surface area contributed by atoms with Gasteiger partial charge in [0, 0.05) is 30.9 Å². The molecule has 0 aromatic heterocycles. The van der Waals surface area contributed by atoms with Gasteiger partial charge in [0.2, 0.25) is 10.0 Å². The zero-order valence-electron chi connectivity index (χ0n) is 13.2. The SMILES string of the molecule is O=[N+]([O-])c1ccc(NCCNS(=O)(=O)c2ccccc2C(F)(F)F)cc1. The third-order valence-electron chi connectivity index (χ3n) is 3.31. The van der Waals surface area contributed by atoms with Crippen molar-refractivity contribution in [3.05, 3.63) is 64.2 Å². The molecule has 0 spiro atoms. The summed E-state index contributed by atoms with van der Waals surface area (Å²) in [6.07, 6.45) is -4.79. The molecular weight excluding hydrogens is 375 g/mol. The predicted octanol–water partition coefficient (Wildman–Crippen LogP) is 3.00. The van der Waals surface area contributed by atoms with Crippen molar-refractivity contribution in [2.24, 2.45) is 0 Å². The average molecular weight is 389 g/mol. The highest BCUT2D eigenvalue weighted by Crippen LogP contribution is 2.33. The molecule has 0 radical (unpaired) electrons. The Morgan fingerprint density at radius 2 is 1.62 bits per heavy atom. The van der Waals surface area contributed by atoms with E-state index in [1.165, 1.54) is 30.3 Å². The van der Waals surface area contributed by atoms with Gasteiger partial charge in [0.25, 0.3) is 5.69 Å². The number of non-ortho nitro benzene ring substituents is 1. The minimum absolute atomic E-state index is 0.0746. The number of halogens is 3. The third kappa shape index (κ3) is 4.92. The molecule has 0 atom stereocenters. The maximum atomic E-state index is 12.9. The number of hydrogen-bond acceptors (Lipinski definition) is 5. The first-order chi connectivity index (χ1) is 12.1. The Morgan fingerprint density at radius 1 is 1.00 bits per heavy atom. The van der Waals surface area contributed by atoms with Crippen molar-refractivity contribution in [1.29, 1.82) is 0 Å². The number of benzene rings is 2. The summed E-state index contributed by atoms with van der Waals surface area (Å²) < 4.78 is 65.1. The minimum Gasteiger partial charge on any atom is -0.384 e. The van der Waals surface area contributed by atoms with E-state index in [1.807, 2.05) is 0 Å². The van der Waals surface area contributed by atoms with Crippen molar-refractivity contribution >= 4 is 21.4 Å². The lowest BCUT2D eigenvalue weighted by Gasteiger charge is -2.14. The smallest absolute Gasteiger partial charge is 0.384 e. The number of nitro benzene ring substituents is 1. The van der Waals surface area contributed by atoms with Gasteiger partial charge in [0.15, 0.2) is 0 Å². The van der Waals surface area contributed by atoms with Crippen molar-refractivity contribution in [2.45, 2.75) is 11.1 Å². The predicted molar refractivity (Wildman–Crippen MR) is 88.2 cm³/mol. The van der Waals surface area contributed by atoms with Gasteiger partial charge in [-0.25, -0.2) is 13.1 Å². The first kappa shape index (κ1) is 19.7. The Balaban J connectivity index is 1.98. The fourth-order valence-electron chi connectivity index (χ4n) is 2.11. The van der Waals surface area contributed by atoms with Crippen molar-refractivity contribution in [3.63, 3.8) is 0 Å². The Morgan fingerprint density at radius 3 is 2.19 bits per heavy atom. The van der Waals surface area contributed by atoms with E-state index >= 15 is 0 Å². The molecule has 0 bridgehead atoms. The molecule has 0 amide bonds. The standard InChI is InChI=1S/C15H14F3N3O4S/c16-15(17,18)13-3-1-2-4-14(13)26(24,25)20-10-9-19-11-5-7-12(8-6-11)21(22)23/h1-8,19-20H,9-10H2. The van der Waals surface area contributed by atoms with E-state index in [-0.39, 0.29) is 18.8 Å². The molecule has 2 rings (SSSR count). The Labute approximate surface area is 147 Å². The molecule has 2 N–H and O–H groups in total. The highest BCUT2D eigenvalue weighted by atomic mass is 32.2. The summed E-state index contributed by atoms with van der Waals surface area (Å²) in [4.78, 5) is 9.14. The van der Waals surface area contributed by atoms with Crippen molar-refractivity contribution in [2.75, 3.05) is 18.4 Å². The molecule has 0 heterocycles. The van der Waals surface area contributed by atoms with Gasteiger partial charge in [-0.05, 0) is 24.3 Å². The molecular formula is C15H14F3N3O4S. The molecule has 140 valence electrons. The number of nitrogens with zero attached hydrogens (tertiary/aromatic N) is 1. The van der Waals surface area contributed by atoms with Crippen LogP contribution in [0.25, 0.3) is 0 Å². The topological polar surface area (TPSA) is 101 Å². The number of hydrogen-bond donors (Lipinski definition) is 2. The van der Waals surface area contributed by atoms with Gasteiger partial charge in [-0.3, -0.25) is 10.1 Å². The van der Waals surface area contributed by atoms with Gasteiger partial charge in [0.05, 0.1) is 15.4 Å². The highest BCUT2D eigenvalue weighted by Gasteiger charge is 2.36. The normalized spacial score (nSPS) is 12.0. The molecule has 2 aromatic rings. The van der Waals surface area contributed by atoms with E-state index in [4.69, 9.17) is 0 Å². The molecule has 0 unspecified atom stereocenters. The van der Waals surface area contributed by atoms with Crippen molar-refractivity contribution < 1.29 is 26.5 Å². The van der Waals surface area contributed by atoms with Crippen LogP contribution in [-0.2, 0) is 16.2 Å². The molecule has 0 aliphatic heterocycles. The molecule has 11 heteroatoms. The molecule has 0 saturated carbocycles. The molecule has 0 fully saturated rings. The van der Waals surface area contributed by atoms with Gasteiger partial charge in [-0.2, -0.15) is 13.2 Å². The van der Waals surface area contributed by atoms with E-state index in [0.717, 1.165) is 12.1 Å². The Bertz CT molecular complexity index is 884. The van der Waals surface area contributed by atoms with Gasteiger partial charge in [-0.1, -0.05) is 12.1 Å². The fourth-order valence-corrected chi connectivity index (χ4v) is 3.36. The van der Waals surface area contributed by atoms with E-state index < -0.39 is 31.6 Å². The first-order valence-corrected chi connectivity index (χ1v) is 8.74. The molecule has 0 saturated heterocycles. The lowest BCUT2D eigenvalue weighted by Crippen LogP contribution is -2.30. The van der Waals surface area contributed by atoms with Gasteiger partial charge in [0.1, 0.15) is 0 Å². The number of nitrogens with one attached hydrogen (secondary N) is 2. The van der Waals surface area contributed by atoms with Crippen LogP contribution < -0.4 is 10.0 Å². The maximum absolute atomic E-state index is 12.9. The summed E-state index contributed by atoms with van der Waals surface area (Å²) in [5, 5.41) is 13.4. The number of rotatable bonds is 7. The molecule has 0 aliphatic rings. The maximum Gasteiger partial charge on any atom is 0.417 e. The number of sulfonamides is 1. The van der Waals surface area contributed by atoms with Crippen LogP contribution in [0.3, 0.4) is 0 Å². The van der Waals surface area contributed by atoms with E-state index in [1.54, 1.807) is 0 Å².